The zero-order chi connectivity index (χ0) is 11.7. The summed E-state index contributed by atoms with van der Waals surface area (Å²) in [4.78, 5) is 13.8. The predicted octanol–water partition coefficient (Wildman–Crippen LogP) is 2.20. The summed E-state index contributed by atoms with van der Waals surface area (Å²) in [5.74, 6) is 0.730. The molecule has 1 aromatic rings. The van der Waals surface area contributed by atoms with Crippen molar-refractivity contribution in [3.63, 3.8) is 0 Å². The van der Waals surface area contributed by atoms with Crippen LogP contribution in [0.5, 0.6) is 0 Å². The van der Waals surface area contributed by atoms with E-state index >= 15 is 0 Å². The van der Waals surface area contributed by atoms with Crippen LogP contribution in [0.15, 0.2) is 18.2 Å². The summed E-state index contributed by atoms with van der Waals surface area (Å²) in [6, 6.07) is 5.73. The van der Waals surface area contributed by atoms with Crippen LogP contribution in [0.25, 0.3) is 0 Å². The van der Waals surface area contributed by atoms with E-state index < -0.39 is 0 Å². The summed E-state index contributed by atoms with van der Waals surface area (Å²) >= 11 is 0. The van der Waals surface area contributed by atoms with Gasteiger partial charge in [-0.3, -0.25) is 4.79 Å². The van der Waals surface area contributed by atoms with Crippen molar-refractivity contribution in [1.82, 2.24) is 0 Å². The molecule has 1 aromatic carbocycles. The van der Waals surface area contributed by atoms with Gasteiger partial charge in [0.2, 0.25) is 5.91 Å². The molecule has 1 aliphatic rings. The average molecular weight is 218 g/mol. The Bertz CT molecular complexity index is 414. The second-order valence-electron chi connectivity index (χ2n) is 4.58. The van der Waals surface area contributed by atoms with Crippen LogP contribution in [0.3, 0.4) is 0 Å². The van der Waals surface area contributed by atoms with E-state index in [0.29, 0.717) is 12.3 Å². The fraction of sp³-hybridized carbons (Fsp3) is 0.462. The average Bonchev–Trinajstić information content (AvgIpc) is 2.54. The van der Waals surface area contributed by atoms with Gasteiger partial charge in [-0.05, 0) is 29.7 Å². The Hall–Kier alpha value is -1.51. The maximum atomic E-state index is 11.9. The summed E-state index contributed by atoms with van der Waals surface area (Å²) in [7, 11) is 0. The molecule has 0 spiro atoms. The van der Waals surface area contributed by atoms with Crippen molar-refractivity contribution in [3.05, 3.63) is 23.8 Å². The Morgan fingerprint density at radius 1 is 1.50 bits per heavy atom. The number of carbonyl (C=O) groups is 1. The number of rotatable bonds is 3. The summed E-state index contributed by atoms with van der Waals surface area (Å²) in [6.07, 6.45) is 1.59. The van der Waals surface area contributed by atoms with E-state index in [1.165, 1.54) is 0 Å². The van der Waals surface area contributed by atoms with Gasteiger partial charge in [0.25, 0.3) is 0 Å². The molecule has 1 heterocycles. The molecule has 2 rings (SSSR count). The Morgan fingerprint density at radius 2 is 2.25 bits per heavy atom. The topological polar surface area (TPSA) is 46.3 Å². The van der Waals surface area contributed by atoms with Crippen LogP contribution in [0.1, 0.15) is 25.8 Å². The fourth-order valence-corrected chi connectivity index (χ4v) is 2.04. The number of hydrogen-bond acceptors (Lipinski definition) is 2. The maximum absolute atomic E-state index is 11.9. The number of hydrogen-bond donors (Lipinski definition) is 1. The highest BCUT2D eigenvalue weighted by Gasteiger charge is 2.27. The second kappa shape index (κ2) is 4.16. The van der Waals surface area contributed by atoms with Crippen LogP contribution in [0.2, 0.25) is 0 Å². The van der Waals surface area contributed by atoms with Gasteiger partial charge in [0.15, 0.2) is 0 Å². The minimum atomic E-state index is 0.195. The van der Waals surface area contributed by atoms with E-state index in [2.05, 4.69) is 13.8 Å². The zero-order valence-corrected chi connectivity index (χ0v) is 9.86. The molecule has 0 saturated carbocycles. The Labute approximate surface area is 96.2 Å². The van der Waals surface area contributed by atoms with Crippen LogP contribution in [0, 0.1) is 5.92 Å². The number of nitrogens with zero attached hydrogens (tertiary/aromatic N) is 1. The minimum absolute atomic E-state index is 0.195. The zero-order valence-electron chi connectivity index (χ0n) is 9.86. The Morgan fingerprint density at radius 3 is 2.94 bits per heavy atom. The number of anilines is 2. The first-order valence-electron chi connectivity index (χ1n) is 5.80. The normalized spacial score (nSPS) is 16.4. The van der Waals surface area contributed by atoms with Crippen LogP contribution < -0.4 is 10.6 Å². The summed E-state index contributed by atoms with van der Waals surface area (Å²) < 4.78 is 0. The smallest absolute Gasteiger partial charge is 0.231 e. The highest BCUT2D eigenvalue weighted by molar-refractivity contribution is 6.01. The lowest BCUT2D eigenvalue weighted by molar-refractivity contribution is -0.117. The third-order valence-corrected chi connectivity index (χ3v) is 3.23. The molecule has 2 N–H and O–H groups in total. The first kappa shape index (κ1) is 11.0. The molecule has 0 bridgehead atoms. The van der Waals surface area contributed by atoms with Crippen molar-refractivity contribution in [2.24, 2.45) is 5.92 Å². The van der Waals surface area contributed by atoms with Crippen LogP contribution >= 0.6 is 0 Å². The van der Waals surface area contributed by atoms with Gasteiger partial charge >= 0.3 is 0 Å². The molecule has 1 atom stereocenters. The van der Waals surface area contributed by atoms with Gasteiger partial charge in [0.1, 0.15) is 0 Å². The van der Waals surface area contributed by atoms with E-state index in [1.807, 2.05) is 23.1 Å². The van der Waals surface area contributed by atoms with Gasteiger partial charge in [0.05, 0.1) is 6.42 Å². The molecule has 0 fully saturated rings. The number of nitrogen functional groups attached to an aromatic ring is 1. The molecule has 0 saturated heterocycles. The molecule has 0 aromatic heterocycles. The molecule has 3 heteroatoms. The van der Waals surface area contributed by atoms with Crippen molar-refractivity contribution in [2.75, 3.05) is 17.2 Å². The fourth-order valence-electron chi connectivity index (χ4n) is 2.04. The summed E-state index contributed by atoms with van der Waals surface area (Å²) in [5.41, 5.74) is 8.56. The van der Waals surface area contributed by atoms with E-state index in [-0.39, 0.29) is 5.91 Å². The monoisotopic (exact) mass is 218 g/mol. The van der Waals surface area contributed by atoms with Gasteiger partial charge in [-0.1, -0.05) is 20.3 Å². The number of carbonyl (C=O) groups excluding carboxylic acids is 1. The standard InChI is InChI=1S/C13H18N2O/c1-3-9(2)8-15-12-5-4-11(14)6-10(12)7-13(15)16/h4-6,9H,3,7-8,14H2,1-2H3. The minimum Gasteiger partial charge on any atom is -0.399 e. The third-order valence-electron chi connectivity index (χ3n) is 3.23. The molecule has 0 radical (unpaired) electrons. The van der Waals surface area contributed by atoms with E-state index in [1.54, 1.807) is 0 Å². The first-order valence-corrected chi connectivity index (χ1v) is 5.80. The Balaban J connectivity index is 2.26. The highest BCUT2D eigenvalue weighted by atomic mass is 16.2. The summed E-state index contributed by atoms with van der Waals surface area (Å²) in [6.45, 7) is 5.13. The molecule has 3 nitrogen and oxygen atoms in total. The highest BCUT2D eigenvalue weighted by Crippen LogP contribution is 2.31. The quantitative estimate of drug-likeness (QED) is 0.791. The lowest BCUT2D eigenvalue weighted by Crippen LogP contribution is -2.31. The lowest BCUT2D eigenvalue weighted by atomic mass is 10.1. The first-order chi connectivity index (χ1) is 7.61. The second-order valence-corrected chi connectivity index (χ2v) is 4.58. The number of fused-ring (bicyclic) bond motifs is 1. The molecular formula is C13H18N2O. The van der Waals surface area contributed by atoms with Crippen LogP contribution in [0.4, 0.5) is 11.4 Å². The largest absolute Gasteiger partial charge is 0.399 e. The number of benzene rings is 1. The molecule has 86 valence electrons. The van der Waals surface area contributed by atoms with E-state index in [0.717, 1.165) is 29.9 Å². The van der Waals surface area contributed by atoms with Crippen LogP contribution in [-0.4, -0.2) is 12.5 Å². The van der Waals surface area contributed by atoms with Crippen molar-refractivity contribution < 1.29 is 4.79 Å². The maximum Gasteiger partial charge on any atom is 0.231 e. The molecule has 1 aliphatic heterocycles. The van der Waals surface area contributed by atoms with Gasteiger partial charge in [-0.2, -0.15) is 0 Å². The van der Waals surface area contributed by atoms with E-state index in [4.69, 9.17) is 5.73 Å². The SMILES string of the molecule is CCC(C)CN1C(=O)Cc2cc(N)ccc21. The number of nitrogens with two attached hydrogens (primary N) is 1. The molecule has 0 aliphatic carbocycles. The molecule has 16 heavy (non-hydrogen) atoms. The van der Waals surface area contributed by atoms with Gasteiger partial charge in [-0.25, -0.2) is 0 Å². The predicted molar refractivity (Wildman–Crippen MR) is 66.4 cm³/mol. The number of amides is 1. The van der Waals surface area contributed by atoms with Gasteiger partial charge in [0, 0.05) is 17.9 Å². The van der Waals surface area contributed by atoms with Crippen molar-refractivity contribution in [1.29, 1.82) is 0 Å². The van der Waals surface area contributed by atoms with Crippen molar-refractivity contribution in [2.45, 2.75) is 26.7 Å². The van der Waals surface area contributed by atoms with E-state index in [9.17, 15) is 4.79 Å². The van der Waals surface area contributed by atoms with Crippen LogP contribution in [-0.2, 0) is 11.2 Å². The summed E-state index contributed by atoms with van der Waals surface area (Å²) in [5, 5.41) is 0. The van der Waals surface area contributed by atoms with Gasteiger partial charge in [-0.15, -0.1) is 0 Å². The van der Waals surface area contributed by atoms with Gasteiger partial charge < -0.3 is 10.6 Å². The molecular weight excluding hydrogens is 200 g/mol. The van der Waals surface area contributed by atoms with Crippen molar-refractivity contribution >= 4 is 17.3 Å². The molecule has 1 amide bonds. The molecule has 1 unspecified atom stereocenters. The lowest BCUT2D eigenvalue weighted by Gasteiger charge is -2.21. The van der Waals surface area contributed by atoms with Crippen molar-refractivity contribution in [3.8, 4) is 0 Å². The Kier molecular flexibility index (Phi) is 2.86. The third kappa shape index (κ3) is 1.90.